The number of rotatable bonds is 5. The first-order valence-corrected chi connectivity index (χ1v) is 9.64. The summed E-state index contributed by atoms with van der Waals surface area (Å²) < 4.78 is 0. The van der Waals surface area contributed by atoms with Gasteiger partial charge in [-0.25, -0.2) is 4.79 Å². The van der Waals surface area contributed by atoms with Crippen molar-refractivity contribution in [2.24, 2.45) is 0 Å². The Balaban J connectivity index is 1.73. The molecule has 1 atom stereocenters. The van der Waals surface area contributed by atoms with Crippen LogP contribution in [0.25, 0.3) is 0 Å². The third-order valence-corrected chi connectivity index (χ3v) is 5.42. The third-order valence-electron chi connectivity index (χ3n) is 5.42. The lowest BCUT2D eigenvalue weighted by Crippen LogP contribution is -2.53. The summed E-state index contributed by atoms with van der Waals surface area (Å²) in [5.74, 6) is -0.478. The van der Waals surface area contributed by atoms with Crippen molar-refractivity contribution in [3.05, 3.63) is 0 Å². The van der Waals surface area contributed by atoms with Gasteiger partial charge in [-0.05, 0) is 39.7 Å². The van der Waals surface area contributed by atoms with Gasteiger partial charge in [-0.1, -0.05) is 19.3 Å². The Hall–Kier alpha value is -1.67. The number of likely N-dealkylation sites (tertiary alicyclic amines) is 1. The van der Waals surface area contributed by atoms with Crippen LogP contribution in [0.1, 0.15) is 51.9 Å². The zero-order valence-electron chi connectivity index (χ0n) is 15.9. The normalized spacial score (nSPS) is 20.7. The van der Waals surface area contributed by atoms with Crippen LogP contribution in [0.2, 0.25) is 0 Å². The van der Waals surface area contributed by atoms with Crippen LogP contribution < -0.4 is 10.6 Å². The quantitative estimate of drug-likeness (QED) is 0.654. The summed E-state index contributed by atoms with van der Waals surface area (Å²) in [4.78, 5) is 39.9. The Kier molecular flexibility index (Phi) is 7.84. The second-order valence-electron chi connectivity index (χ2n) is 7.50. The van der Waals surface area contributed by atoms with E-state index in [1.165, 1.54) is 6.42 Å². The lowest BCUT2D eigenvalue weighted by molar-refractivity contribution is -0.135. The molecule has 2 rings (SSSR count). The Morgan fingerprint density at radius 1 is 1.12 bits per heavy atom. The molecule has 148 valence electrons. The maximum absolute atomic E-state index is 12.3. The van der Waals surface area contributed by atoms with Crippen molar-refractivity contribution >= 4 is 17.8 Å². The molecule has 2 fully saturated rings. The second kappa shape index (κ2) is 9.87. The topological polar surface area (TPSA) is 102 Å². The number of carbonyl (C=O) groups is 3. The molecule has 0 unspecified atom stereocenters. The average molecular weight is 368 g/mol. The molecule has 0 bridgehead atoms. The van der Waals surface area contributed by atoms with Crippen molar-refractivity contribution in [3.63, 3.8) is 0 Å². The highest BCUT2D eigenvalue weighted by Crippen LogP contribution is 2.17. The van der Waals surface area contributed by atoms with E-state index in [1.54, 1.807) is 23.8 Å². The van der Waals surface area contributed by atoms with Gasteiger partial charge in [0.05, 0.1) is 18.7 Å². The number of urea groups is 1. The van der Waals surface area contributed by atoms with E-state index in [0.29, 0.717) is 25.9 Å². The van der Waals surface area contributed by atoms with E-state index < -0.39 is 18.0 Å². The van der Waals surface area contributed by atoms with Crippen LogP contribution in [-0.2, 0) is 9.59 Å². The van der Waals surface area contributed by atoms with Crippen LogP contribution in [-0.4, -0.2) is 77.6 Å². The third kappa shape index (κ3) is 6.25. The summed E-state index contributed by atoms with van der Waals surface area (Å²) in [5, 5.41) is 14.7. The van der Waals surface area contributed by atoms with Gasteiger partial charge in [0.25, 0.3) is 0 Å². The summed E-state index contributed by atoms with van der Waals surface area (Å²) in [6.07, 6.45) is 6.17. The SMILES string of the molecule is C[C@@H](C(=O)NC(=O)NC1CCCCC1)N(C)CC(=O)N1CCC(O)CC1. The zero-order chi connectivity index (χ0) is 19.1. The highest BCUT2D eigenvalue weighted by atomic mass is 16.3. The fraction of sp³-hybridized carbons (Fsp3) is 0.833. The van der Waals surface area contributed by atoms with Gasteiger partial charge in [0.1, 0.15) is 0 Å². The summed E-state index contributed by atoms with van der Waals surface area (Å²) in [6, 6.07) is -0.912. The van der Waals surface area contributed by atoms with Crippen LogP contribution in [0.4, 0.5) is 4.79 Å². The van der Waals surface area contributed by atoms with Gasteiger partial charge < -0.3 is 15.3 Å². The molecule has 1 saturated heterocycles. The molecule has 3 N–H and O–H groups in total. The number of nitrogens with zero attached hydrogens (tertiary/aromatic N) is 2. The predicted molar refractivity (Wildman–Crippen MR) is 97.5 cm³/mol. The molecule has 1 aliphatic carbocycles. The fourth-order valence-electron chi connectivity index (χ4n) is 3.45. The van der Waals surface area contributed by atoms with E-state index in [2.05, 4.69) is 10.6 Å². The number of aliphatic hydroxyl groups is 1. The number of imide groups is 1. The lowest BCUT2D eigenvalue weighted by atomic mass is 9.96. The van der Waals surface area contributed by atoms with E-state index in [0.717, 1.165) is 25.7 Å². The number of aliphatic hydroxyl groups excluding tert-OH is 1. The van der Waals surface area contributed by atoms with Crippen LogP contribution in [0.15, 0.2) is 0 Å². The molecular formula is C18H32N4O4. The lowest BCUT2D eigenvalue weighted by Gasteiger charge is -2.32. The Morgan fingerprint density at radius 3 is 2.35 bits per heavy atom. The summed E-state index contributed by atoms with van der Waals surface area (Å²) in [5.41, 5.74) is 0. The van der Waals surface area contributed by atoms with Crippen molar-refractivity contribution in [2.75, 3.05) is 26.7 Å². The van der Waals surface area contributed by atoms with Gasteiger partial charge in [0, 0.05) is 19.1 Å². The van der Waals surface area contributed by atoms with E-state index in [1.807, 2.05) is 0 Å². The first-order chi connectivity index (χ1) is 12.4. The molecule has 0 spiro atoms. The number of nitrogens with one attached hydrogen (secondary N) is 2. The van der Waals surface area contributed by atoms with Crippen molar-refractivity contribution in [1.29, 1.82) is 0 Å². The molecule has 4 amide bonds. The number of hydrogen-bond acceptors (Lipinski definition) is 5. The highest BCUT2D eigenvalue weighted by Gasteiger charge is 2.26. The van der Waals surface area contributed by atoms with Crippen LogP contribution >= 0.6 is 0 Å². The van der Waals surface area contributed by atoms with Crippen molar-refractivity contribution in [2.45, 2.75) is 70.1 Å². The Labute approximate surface area is 155 Å². The fourth-order valence-corrected chi connectivity index (χ4v) is 3.45. The van der Waals surface area contributed by atoms with Crippen LogP contribution in [0, 0.1) is 0 Å². The predicted octanol–water partition coefficient (Wildman–Crippen LogP) is 0.449. The molecule has 1 saturated carbocycles. The summed E-state index contributed by atoms with van der Waals surface area (Å²) in [6.45, 7) is 2.86. The number of carbonyl (C=O) groups excluding carboxylic acids is 3. The second-order valence-corrected chi connectivity index (χ2v) is 7.50. The van der Waals surface area contributed by atoms with Crippen LogP contribution in [0.5, 0.6) is 0 Å². The number of piperidine rings is 1. The van der Waals surface area contributed by atoms with Gasteiger partial charge in [-0.2, -0.15) is 0 Å². The Bertz CT molecular complexity index is 499. The molecule has 8 nitrogen and oxygen atoms in total. The van der Waals surface area contributed by atoms with Crippen LogP contribution in [0.3, 0.4) is 0 Å². The van der Waals surface area contributed by atoms with Crippen molar-refractivity contribution < 1.29 is 19.5 Å². The molecule has 0 aromatic rings. The molecular weight excluding hydrogens is 336 g/mol. The Morgan fingerprint density at radius 2 is 1.73 bits per heavy atom. The molecule has 1 aliphatic heterocycles. The van der Waals surface area contributed by atoms with E-state index in [4.69, 9.17) is 0 Å². The van der Waals surface area contributed by atoms with Crippen molar-refractivity contribution in [3.8, 4) is 0 Å². The standard InChI is InChI=1S/C18H32N4O4/c1-13(17(25)20-18(26)19-14-6-4-3-5-7-14)21(2)12-16(24)22-10-8-15(23)9-11-22/h13-15,23H,3-12H2,1-2H3,(H2,19,20,25,26)/t13-/m0/s1. The average Bonchev–Trinajstić information content (AvgIpc) is 2.62. The minimum Gasteiger partial charge on any atom is -0.393 e. The van der Waals surface area contributed by atoms with Gasteiger partial charge in [-0.3, -0.25) is 19.8 Å². The monoisotopic (exact) mass is 368 g/mol. The minimum absolute atomic E-state index is 0.0642. The number of hydrogen-bond donors (Lipinski definition) is 3. The van der Waals surface area contributed by atoms with E-state index >= 15 is 0 Å². The maximum atomic E-state index is 12.3. The number of amides is 4. The highest BCUT2D eigenvalue weighted by molar-refractivity contribution is 5.97. The van der Waals surface area contributed by atoms with E-state index in [9.17, 15) is 19.5 Å². The van der Waals surface area contributed by atoms with Gasteiger partial charge in [0.15, 0.2) is 0 Å². The van der Waals surface area contributed by atoms with Gasteiger partial charge in [-0.15, -0.1) is 0 Å². The minimum atomic E-state index is -0.591. The molecule has 0 aromatic heterocycles. The zero-order valence-corrected chi connectivity index (χ0v) is 15.9. The summed E-state index contributed by atoms with van der Waals surface area (Å²) in [7, 11) is 1.69. The molecule has 0 radical (unpaired) electrons. The molecule has 1 heterocycles. The smallest absolute Gasteiger partial charge is 0.321 e. The van der Waals surface area contributed by atoms with Crippen molar-refractivity contribution in [1.82, 2.24) is 20.4 Å². The first kappa shape index (κ1) is 20.6. The van der Waals surface area contributed by atoms with Gasteiger partial charge >= 0.3 is 6.03 Å². The molecule has 0 aromatic carbocycles. The largest absolute Gasteiger partial charge is 0.393 e. The summed E-state index contributed by atoms with van der Waals surface area (Å²) >= 11 is 0. The maximum Gasteiger partial charge on any atom is 0.321 e. The van der Waals surface area contributed by atoms with Gasteiger partial charge in [0.2, 0.25) is 11.8 Å². The molecule has 26 heavy (non-hydrogen) atoms. The first-order valence-electron chi connectivity index (χ1n) is 9.64. The molecule has 2 aliphatic rings. The van der Waals surface area contributed by atoms with E-state index in [-0.39, 0.29) is 24.6 Å². The molecule has 8 heteroatoms. The number of likely N-dealkylation sites (N-methyl/N-ethyl adjacent to an activating group) is 1.